The molecular formula is C20H21BrO5. The summed E-state index contributed by atoms with van der Waals surface area (Å²) in [6.07, 6.45) is 6.22. The van der Waals surface area contributed by atoms with E-state index in [0.29, 0.717) is 28.9 Å². The van der Waals surface area contributed by atoms with Crippen LogP contribution in [0.3, 0.4) is 0 Å². The molecule has 2 unspecified atom stereocenters. The normalized spacial score (nSPS) is 36.2. The van der Waals surface area contributed by atoms with Gasteiger partial charge in [-0.2, -0.15) is 0 Å². The SMILES string of the molecule is O=C(COC(=O)C12CC3CC(CC(Br)(C3)C1)C2)c1ccc2c(c1)OCO2. The van der Waals surface area contributed by atoms with Gasteiger partial charge in [0.1, 0.15) is 0 Å². The zero-order chi connectivity index (χ0) is 17.9. The molecule has 0 N–H and O–H groups in total. The Morgan fingerprint density at radius 1 is 1.12 bits per heavy atom. The zero-order valence-electron chi connectivity index (χ0n) is 14.5. The molecule has 6 rings (SSSR count). The number of carbonyl (C=O) groups is 2. The summed E-state index contributed by atoms with van der Waals surface area (Å²) in [6.45, 7) is -0.0496. The van der Waals surface area contributed by atoms with Crippen LogP contribution in [0.15, 0.2) is 18.2 Å². The minimum absolute atomic E-state index is 0.0947. The Balaban J connectivity index is 1.27. The van der Waals surface area contributed by atoms with E-state index >= 15 is 0 Å². The zero-order valence-corrected chi connectivity index (χ0v) is 16.0. The molecule has 1 aromatic carbocycles. The molecule has 0 aromatic heterocycles. The molecule has 138 valence electrons. The van der Waals surface area contributed by atoms with Gasteiger partial charge in [-0.25, -0.2) is 0 Å². The highest BCUT2D eigenvalue weighted by Crippen LogP contribution is 2.64. The Bertz CT molecular complexity index is 774. The van der Waals surface area contributed by atoms with Crippen molar-refractivity contribution >= 4 is 27.7 Å². The number of halogens is 1. The number of Topliss-reactive ketones (excluding diaryl/α,β-unsaturated/α-hetero) is 1. The highest BCUT2D eigenvalue weighted by molar-refractivity contribution is 9.10. The topological polar surface area (TPSA) is 61.8 Å². The van der Waals surface area contributed by atoms with Crippen molar-refractivity contribution in [3.63, 3.8) is 0 Å². The smallest absolute Gasteiger partial charge is 0.312 e. The van der Waals surface area contributed by atoms with Gasteiger partial charge in [-0.05, 0) is 68.6 Å². The van der Waals surface area contributed by atoms with E-state index in [1.807, 2.05) is 0 Å². The van der Waals surface area contributed by atoms with Crippen molar-refractivity contribution in [1.29, 1.82) is 0 Å². The molecule has 26 heavy (non-hydrogen) atoms. The average Bonchev–Trinajstić information content (AvgIpc) is 3.04. The number of alkyl halides is 1. The fraction of sp³-hybridized carbons (Fsp3) is 0.600. The molecule has 2 atom stereocenters. The summed E-state index contributed by atoms with van der Waals surface area (Å²) in [5, 5.41) is 0. The van der Waals surface area contributed by atoms with Crippen molar-refractivity contribution < 1.29 is 23.8 Å². The monoisotopic (exact) mass is 420 g/mol. The van der Waals surface area contributed by atoms with Gasteiger partial charge in [0.25, 0.3) is 0 Å². The standard InChI is InChI=1S/C20H21BrO5/c21-20-7-12-3-13(8-20)6-19(5-12,10-20)18(23)24-9-15(22)14-1-2-16-17(4-14)26-11-25-16/h1-2,4,12-13H,3,5-11H2. The molecule has 4 aliphatic carbocycles. The second-order valence-corrected chi connectivity index (χ2v) is 10.1. The van der Waals surface area contributed by atoms with Gasteiger partial charge >= 0.3 is 5.97 Å². The minimum atomic E-state index is -0.400. The van der Waals surface area contributed by atoms with E-state index in [4.69, 9.17) is 14.2 Å². The van der Waals surface area contributed by atoms with E-state index in [9.17, 15) is 9.59 Å². The summed E-state index contributed by atoms with van der Waals surface area (Å²) in [7, 11) is 0. The van der Waals surface area contributed by atoms with Crippen molar-refractivity contribution in [2.75, 3.05) is 13.4 Å². The summed E-state index contributed by atoms with van der Waals surface area (Å²) in [5.74, 6) is 2.00. The van der Waals surface area contributed by atoms with Gasteiger partial charge in [0.15, 0.2) is 23.9 Å². The van der Waals surface area contributed by atoms with Crippen molar-refractivity contribution in [2.45, 2.75) is 42.8 Å². The molecule has 4 saturated carbocycles. The number of ketones is 1. The van der Waals surface area contributed by atoms with Crippen LogP contribution in [0.4, 0.5) is 0 Å². The summed E-state index contributed by atoms with van der Waals surface area (Å²) in [6, 6.07) is 5.05. The molecular weight excluding hydrogens is 400 g/mol. The highest BCUT2D eigenvalue weighted by Gasteiger charge is 2.60. The van der Waals surface area contributed by atoms with E-state index in [-0.39, 0.29) is 29.5 Å². The van der Waals surface area contributed by atoms with E-state index in [2.05, 4.69) is 15.9 Å². The number of esters is 1. The third-order valence-corrected chi connectivity index (χ3v) is 7.38. The van der Waals surface area contributed by atoms with Crippen LogP contribution in [-0.2, 0) is 9.53 Å². The maximum absolute atomic E-state index is 12.9. The Labute approximate surface area is 160 Å². The number of hydrogen-bond acceptors (Lipinski definition) is 5. The lowest BCUT2D eigenvalue weighted by molar-refractivity contribution is -0.168. The Morgan fingerprint density at radius 2 is 1.85 bits per heavy atom. The number of rotatable bonds is 4. The van der Waals surface area contributed by atoms with Crippen molar-refractivity contribution in [1.82, 2.24) is 0 Å². The van der Waals surface area contributed by atoms with Crippen molar-refractivity contribution in [2.24, 2.45) is 17.3 Å². The van der Waals surface area contributed by atoms with Gasteiger partial charge in [-0.3, -0.25) is 9.59 Å². The van der Waals surface area contributed by atoms with Crippen LogP contribution in [0.5, 0.6) is 11.5 Å². The molecule has 0 amide bonds. The second kappa shape index (κ2) is 5.72. The fourth-order valence-corrected chi connectivity index (χ4v) is 7.28. The lowest BCUT2D eigenvalue weighted by atomic mass is 9.49. The summed E-state index contributed by atoms with van der Waals surface area (Å²) in [4.78, 5) is 25.4. The fourth-order valence-electron chi connectivity index (χ4n) is 5.83. The maximum Gasteiger partial charge on any atom is 0.312 e. The van der Waals surface area contributed by atoms with E-state index in [1.54, 1.807) is 18.2 Å². The lowest BCUT2D eigenvalue weighted by Gasteiger charge is -2.58. The molecule has 1 heterocycles. The van der Waals surface area contributed by atoms with Crippen LogP contribution in [0.2, 0.25) is 0 Å². The van der Waals surface area contributed by atoms with Crippen molar-refractivity contribution in [3.8, 4) is 11.5 Å². The highest BCUT2D eigenvalue weighted by atomic mass is 79.9. The molecule has 1 aliphatic heterocycles. The first-order chi connectivity index (χ1) is 12.4. The average molecular weight is 421 g/mol. The van der Waals surface area contributed by atoms with Gasteiger partial charge in [0, 0.05) is 9.89 Å². The molecule has 4 bridgehead atoms. The Hall–Kier alpha value is -1.56. The molecule has 5 nitrogen and oxygen atoms in total. The van der Waals surface area contributed by atoms with Crippen LogP contribution >= 0.6 is 15.9 Å². The predicted octanol–water partition coefficient (Wildman–Crippen LogP) is 3.88. The molecule has 0 saturated heterocycles. The van der Waals surface area contributed by atoms with Crippen LogP contribution < -0.4 is 9.47 Å². The Morgan fingerprint density at radius 3 is 2.58 bits per heavy atom. The van der Waals surface area contributed by atoms with Gasteiger partial charge in [-0.15, -0.1) is 0 Å². The third-order valence-electron chi connectivity index (χ3n) is 6.45. The number of carbonyl (C=O) groups excluding carboxylic acids is 2. The quantitative estimate of drug-likeness (QED) is 0.420. The van der Waals surface area contributed by atoms with Crippen molar-refractivity contribution in [3.05, 3.63) is 23.8 Å². The number of benzene rings is 1. The third kappa shape index (κ3) is 2.65. The van der Waals surface area contributed by atoms with E-state index < -0.39 is 5.41 Å². The van der Waals surface area contributed by atoms with Crippen LogP contribution in [-0.4, -0.2) is 29.5 Å². The van der Waals surface area contributed by atoms with Crippen LogP contribution in [0.1, 0.15) is 48.9 Å². The van der Waals surface area contributed by atoms with Gasteiger partial charge in [-0.1, -0.05) is 15.9 Å². The summed E-state index contributed by atoms with van der Waals surface area (Å²) >= 11 is 3.91. The Kier molecular flexibility index (Phi) is 3.65. The molecule has 1 aromatic rings. The predicted molar refractivity (Wildman–Crippen MR) is 96.6 cm³/mol. The molecule has 5 aliphatic rings. The minimum Gasteiger partial charge on any atom is -0.457 e. The van der Waals surface area contributed by atoms with E-state index in [1.165, 1.54) is 6.42 Å². The first kappa shape index (κ1) is 16.6. The molecule has 0 spiro atoms. The van der Waals surface area contributed by atoms with Gasteiger partial charge in [0.05, 0.1) is 5.41 Å². The number of ether oxygens (including phenoxy) is 3. The number of hydrogen-bond donors (Lipinski definition) is 0. The first-order valence-corrected chi connectivity index (χ1v) is 10.0. The van der Waals surface area contributed by atoms with Gasteiger partial charge in [0.2, 0.25) is 6.79 Å². The van der Waals surface area contributed by atoms with Crippen LogP contribution in [0.25, 0.3) is 0 Å². The summed E-state index contributed by atoms with van der Waals surface area (Å²) < 4.78 is 16.2. The second-order valence-electron chi connectivity index (χ2n) is 8.46. The largest absolute Gasteiger partial charge is 0.457 e. The lowest BCUT2D eigenvalue weighted by Crippen LogP contribution is -2.56. The molecule has 6 heteroatoms. The number of fused-ring (bicyclic) bond motifs is 1. The van der Waals surface area contributed by atoms with Crippen LogP contribution in [0, 0.1) is 17.3 Å². The molecule has 0 radical (unpaired) electrons. The van der Waals surface area contributed by atoms with E-state index in [0.717, 1.165) is 32.1 Å². The maximum atomic E-state index is 12.9. The first-order valence-electron chi connectivity index (χ1n) is 9.24. The van der Waals surface area contributed by atoms with Gasteiger partial charge < -0.3 is 14.2 Å². The molecule has 4 fully saturated rings. The summed E-state index contributed by atoms with van der Waals surface area (Å²) in [5.41, 5.74) is 0.0764.